The van der Waals surface area contributed by atoms with Gasteiger partial charge in [0.15, 0.2) is 0 Å². The van der Waals surface area contributed by atoms with Crippen molar-refractivity contribution in [1.29, 1.82) is 0 Å². The molecule has 0 saturated carbocycles. The van der Waals surface area contributed by atoms with E-state index in [4.69, 9.17) is 27.7 Å². The summed E-state index contributed by atoms with van der Waals surface area (Å²) >= 11 is 12.7. The van der Waals surface area contributed by atoms with Gasteiger partial charge in [0.1, 0.15) is 5.69 Å². The van der Waals surface area contributed by atoms with Crippen molar-refractivity contribution >= 4 is 39.9 Å². The molecule has 5 rings (SSSR count). The van der Waals surface area contributed by atoms with Crippen LogP contribution in [0.15, 0.2) is 71.3 Å². The van der Waals surface area contributed by atoms with Gasteiger partial charge in [-0.1, -0.05) is 95.8 Å². The number of likely N-dealkylation sites (tertiary alicyclic amines) is 1. The quantitative estimate of drug-likeness (QED) is 0.241. The number of rotatable bonds is 8. The van der Waals surface area contributed by atoms with Gasteiger partial charge >= 0.3 is 0 Å². The first-order valence-electron chi connectivity index (χ1n) is 12.5. The van der Waals surface area contributed by atoms with Crippen LogP contribution in [0.3, 0.4) is 0 Å². The molecular formula is C29H31Cl2N3O. The molecule has 0 amide bonds. The zero-order chi connectivity index (χ0) is 24.0. The minimum Gasteiger partial charge on any atom is -0.338 e. The summed E-state index contributed by atoms with van der Waals surface area (Å²) in [6.45, 7) is 5.16. The molecule has 35 heavy (non-hydrogen) atoms. The molecule has 1 aliphatic heterocycles. The van der Waals surface area contributed by atoms with Crippen LogP contribution in [-0.4, -0.2) is 36.2 Å². The number of fused-ring (bicyclic) bond motifs is 1. The Morgan fingerprint density at radius 1 is 0.886 bits per heavy atom. The van der Waals surface area contributed by atoms with Crippen molar-refractivity contribution < 1.29 is 4.52 Å². The minimum atomic E-state index is 0.496. The fourth-order valence-corrected chi connectivity index (χ4v) is 5.39. The summed E-state index contributed by atoms with van der Waals surface area (Å²) in [6.07, 6.45) is 6.41. The van der Waals surface area contributed by atoms with Crippen molar-refractivity contribution in [3.8, 4) is 11.3 Å². The molecule has 0 aliphatic carbocycles. The average molecular weight is 508 g/mol. The minimum absolute atomic E-state index is 0.496. The third-order valence-electron chi connectivity index (χ3n) is 6.88. The monoisotopic (exact) mass is 507 g/mol. The highest BCUT2D eigenvalue weighted by molar-refractivity contribution is 6.43. The second kappa shape index (κ2) is 11.5. The van der Waals surface area contributed by atoms with E-state index in [1.807, 2.05) is 18.2 Å². The first-order valence-corrected chi connectivity index (χ1v) is 13.3. The van der Waals surface area contributed by atoms with E-state index in [1.165, 1.54) is 55.1 Å². The molecule has 182 valence electrons. The molecule has 0 bridgehead atoms. The summed E-state index contributed by atoms with van der Waals surface area (Å²) in [5, 5.41) is 7.88. The molecule has 4 aromatic rings. The molecule has 0 unspecified atom stereocenters. The van der Waals surface area contributed by atoms with Gasteiger partial charge < -0.3 is 14.3 Å². The molecule has 4 nitrogen and oxygen atoms in total. The van der Waals surface area contributed by atoms with Gasteiger partial charge in [-0.15, -0.1) is 0 Å². The number of nitrogens with zero attached hydrogens (tertiary/aromatic N) is 3. The molecule has 1 aliphatic rings. The maximum absolute atomic E-state index is 6.46. The SMILES string of the molecule is Clc1cccc(-c2cc(N(CCCN3CCCCCC3)Cc3cccc4ccccc34)on2)c1Cl. The van der Waals surface area contributed by atoms with E-state index in [-0.39, 0.29) is 0 Å². The van der Waals surface area contributed by atoms with Gasteiger partial charge in [0.05, 0.1) is 10.0 Å². The average Bonchev–Trinajstić information content (AvgIpc) is 3.22. The summed E-state index contributed by atoms with van der Waals surface area (Å²) in [7, 11) is 0. The largest absolute Gasteiger partial charge is 0.338 e. The Kier molecular flexibility index (Phi) is 7.92. The van der Waals surface area contributed by atoms with E-state index in [9.17, 15) is 0 Å². The smallest absolute Gasteiger partial charge is 0.228 e. The zero-order valence-corrected chi connectivity index (χ0v) is 21.4. The fraction of sp³-hybridized carbons (Fsp3) is 0.345. The number of benzene rings is 3. The lowest BCUT2D eigenvalue weighted by Crippen LogP contribution is -2.30. The number of hydrogen-bond donors (Lipinski definition) is 0. The van der Waals surface area contributed by atoms with E-state index >= 15 is 0 Å². The van der Waals surface area contributed by atoms with E-state index in [1.54, 1.807) is 6.07 Å². The molecule has 1 aromatic heterocycles. The van der Waals surface area contributed by atoms with Gasteiger partial charge in [-0.2, -0.15) is 0 Å². The van der Waals surface area contributed by atoms with E-state index in [0.29, 0.717) is 15.7 Å². The Morgan fingerprint density at radius 2 is 1.66 bits per heavy atom. The lowest BCUT2D eigenvalue weighted by atomic mass is 10.0. The van der Waals surface area contributed by atoms with E-state index in [0.717, 1.165) is 37.5 Å². The maximum Gasteiger partial charge on any atom is 0.228 e. The van der Waals surface area contributed by atoms with Crippen molar-refractivity contribution in [2.45, 2.75) is 38.6 Å². The zero-order valence-electron chi connectivity index (χ0n) is 19.9. The Balaban J connectivity index is 1.39. The van der Waals surface area contributed by atoms with E-state index in [2.05, 4.69) is 57.4 Å². The molecule has 2 heterocycles. The Morgan fingerprint density at radius 3 is 2.51 bits per heavy atom. The predicted molar refractivity (Wildman–Crippen MR) is 146 cm³/mol. The summed E-state index contributed by atoms with van der Waals surface area (Å²) in [4.78, 5) is 4.91. The van der Waals surface area contributed by atoms with Crippen LogP contribution in [0.25, 0.3) is 22.0 Å². The molecule has 1 saturated heterocycles. The van der Waals surface area contributed by atoms with Gasteiger partial charge in [-0.3, -0.25) is 0 Å². The van der Waals surface area contributed by atoms with Crippen molar-refractivity contribution in [2.75, 3.05) is 31.1 Å². The summed E-state index contributed by atoms with van der Waals surface area (Å²) in [5.41, 5.74) is 2.75. The molecule has 0 N–H and O–H groups in total. The van der Waals surface area contributed by atoms with Crippen LogP contribution in [0.1, 0.15) is 37.7 Å². The summed E-state index contributed by atoms with van der Waals surface area (Å²) in [6, 6.07) is 22.6. The van der Waals surface area contributed by atoms with Crippen LogP contribution in [0.4, 0.5) is 5.88 Å². The Hall–Kier alpha value is -2.53. The van der Waals surface area contributed by atoms with E-state index < -0.39 is 0 Å². The highest BCUT2D eigenvalue weighted by atomic mass is 35.5. The number of aromatic nitrogens is 1. The number of anilines is 1. The fourth-order valence-electron chi connectivity index (χ4n) is 4.99. The summed E-state index contributed by atoms with van der Waals surface area (Å²) in [5.74, 6) is 0.750. The molecular weight excluding hydrogens is 477 g/mol. The molecule has 0 spiro atoms. The van der Waals surface area contributed by atoms with Crippen molar-refractivity contribution in [3.05, 3.63) is 82.3 Å². The van der Waals surface area contributed by atoms with Gasteiger partial charge in [0.2, 0.25) is 5.88 Å². The molecule has 6 heteroatoms. The van der Waals surface area contributed by atoms with Crippen molar-refractivity contribution in [2.24, 2.45) is 0 Å². The highest BCUT2D eigenvalue weighted by Crippen LogP contribution is 2.35. The standard InChI is InChI=1S/C29H31Cl2N3O/c30-26-15-8-14-25(29(26)31)27-20-28(35-32-27)34(19-9-18-33-16-5-1-2-6-17-33)21-23-12-7-11-22-10-3-4-13-24(22)23/h3-4,7-8,10-15,20H,1-2,5-6,9,16-19,21H2. The van der Waals surface area contributed by atoms with Gasteiger partial charge in [-0.05, 0) is 61.3 Å². The normalized spacial score (nSPS) is 14.8. The third-order valence-corrected chi connectivity index (χ3v) is 7.70. The first kappa shape index (κ1) is 24.2. The van der Waals surface area contributed by atoms with Crippen LogP contribution in [0.5, 0.6) is 0 Å². The maximum atomic E-state index is 6.46. The van der Waals surface area contributed by atoms with Crippen LogP contribution >= 0.6 is 23.2 Å². The first-order chi connectivity index (χ1) is 17.2. The Bertz CT molecular complexity index is 1260. The lowest BCUT2D eigenvalue weighted by Gasteiger charge is -2.25. The van der Waals surface area contributed by atoms with Gasteiger partial charge in [0.25, 0.3) is 0 Å². The molecule has 0 radical (unpaired) electrons. The second-order valence-electron chi connectivity index (χ2n) is 9.32. The highest BCUT2D eigenvalue weighted by Gasteiger charge is 2.18. The predicted octanol–water partition coefficient (Wildman–Crippen LogP) is 8.07. The second-order valence-corrected chi connectivity index (χ2v) is 10.1. The van der Waals surface area contributed by atoms with Crippen molar-refractivity contribution in [3.63, 3.8) is 0 Å². The topological polar surface area (TPSA) is 32.5 Å². The van der Waals surface area contributed by atoms with Crippen LogP contribution < -0.4 is 4.90 Å². The molecule has 1 fully saturated rings. The van der Waals surface area contributed by atoms with Crippen LogP contribution in [-0.2, 0) is 6.54 Å². The summed E-state index contributed by atoms with van der Waals surface area (Å²) < 4.78 is 5.88. The molecule has 3 aromatic carbocycles. The number of hydrogen-bond acceptors (Lipinski definition) is 4. The van der Waals surface area contributed by atoms with Gasteiger partial charge in [0, 0.05) is 24.7 Å². The lowest BCUT2D eigenvalue weighted by molar-refractivity contribution is 0.281. The Labute approximate surface area is 217 Å². The van der Waals surface area contributed by atoms with Crippen LogP contribution in [0, 0.1) is 0 Å². The third kappa shape index (κ3) is 5.83. The number of halogens is 2. The van der Waals surface area contributed by atoms with Gasteiger partial charge in [-0.25, -0.2) is 0 Å². The molecule has 0 atom stereocenters. The van der Waals surface area contributed by atoms with Crippen LogP contribution in [0.2, 0.25) is 10.0 Å². The van der Waals surface area contributed by atoms with Crippen molar-refractivity contribution in [1.82, 2.24) is 10.1 Å².